The molecule has 1 amide bonds. The zero-order valence-corrected chi connectivity index (χ0v) is 18.2. The van der Waals surface area contributed by atoms with Gasteiger partial charge in [0.25, 0.3) is 5.91 Å². The Balaban J connectivity index is 1.27. The van der Waals surface area contributed by atoms with Gasteiger partial charge < -0.3 is 4.90 Å². The molecule has 0 N–H and O–H groups in total. The van der Waals surface area contributed by atoms with E-state index in [1.54, 1.807) is 23.1 Å². The fourth-order valence-electron chi connectivity index (χ4n) is 3.46. The lowest BCUT2D eigenvalue weighted by Gasteiger charge is -2.34. The highest BCUT2D eigenvalue weighted by Crippen LogP contribution is 2.24. The Bertz CT molecular complexity index is 932. The van der Waals surface area contributed by atoms with Crippen molar-refractivity contribution in [3.05, 3.63) is 81.8 Å². The molecule has 0 radical (unpaired) electrons. The molecule has 0 saturated carbocycles. The van der Waals surface area contributed by atoms with Crippen LogP contribution in [0, 0.1) is 6.92 Å². The summed E-state index contributed by atoms with van der Waals surface area (Å²) in [5.74, 6) is 0.997. The van der Waals surface area contributed by atoms with Crippen molar-refractivity contribution in [2.24, 2.45) is 0 Å². The van der Waals surface area contributed by atoms with Crippen LogP contribution in [-0.2, 0) is 12.3 Å². The molecule has 0 atom stereocenters. The molecule has 1 saturated heterocycles. The molecule has 0 bridgehead atoms. The number of hydrogen-bond donors (Lipinski definition) is 0. The summed E-state index contributed by atoms with van der Waals surface area (Å²) in [6.07, 6.45) is 0. The summed E-state index contributed by atoms with van der Waals surface area (Å²) in [5.41, 5.74) is 3.22. The number of nitrogens with zero attached hydrogens (tertiary/aromatic N) is 3. The van der Waals surface area contributed by atoms with E-state index in [1.807, 2.05) is 42.2 Å². The lowest BCUT2D eigenvalue weighted by molar-refractivity contribution is 0.0628. The highest BCUT2D eigenvalue weighted by atomic mass is 32.2. The van der Waals surface area contributed by atoms with Gasteiger partial charge in [-0.3, -0.25) is 9.69 Å². The van der Waals surface area contributed by atoms with Gasteiger partial charge in [-0.15, -0.1) is 23.1 Å². The van der Waals surface area contributed by atoms with E-state index in [0.29, 0.717) is 0 Å². The third-order valence-electron chi connectivity index (χ3n) is 5.06. The minimum atomic E-state index is 0.135. The van der Waals surface area contributed by atoms with Crippen LogP contribution in [0.3, 0.4) is 0 Å². The number of hydrogen-bond acceptors (Lipinski definition) is 5. The van der Waals surface area contributed by atoms with E-state index in [-0.39, 0.29) is 5.91 Å². The molecule has 4 rings (SSSR count). The minimum absolute atomic E-state index is 0.135. The van der Waals surface area contributed by atoms with Crippen LogP contribution in [-0.4, -0.2) is 46.9 Å². The Kier molecular flexibility index (Phi) is 6.64. The Morgan fingerprint density at radius 3 is 2.41 bits per heavy atom. The molecule has 0 aliphatic carbocycles. The van der Waals surface area contributed by atoms with Crippen molar-refractivity contribution < 1.29 is 4.79 Å². The summed E-state index contributed by atoms with van der Waals surface area (Å²) in [5, 5.41) is 3.21. The van der Waals surface area contributed by atoms with Gasteiger partial charge in [0.15, 0.2) is 0 Å². The zero-order valence-electron chi connectivity index (χ0n) is 16.6. The number of amides is 1. The number of piperazine rings is 1. The van der Waals surface area contributed by atoms with Crippen LogP contribution in [0.1, 0.15) is 26.6 Å². The molecule has 1 fully saturated rings. The van der Waals surface area contributed by atoms with Gasteiger partial charge in [-0.1, -0.05) is 30.3 Å². The maximum atomic E-state index is 12.9. The number of benzene rings is 2. The molecule has 29 heavy (non-hydrogen) atoms. The van der Waals surface area contributed by atoms with Gasteiger partial charge in [0.2, 0.25) is 0 Å². The van der Waals surface area contributed by atoms with E-state index >= 15 is 0 Å². The SMILES string of the molecule is Cc1nc(CSc2ccc(C(=O)N3CCN(Cc4ccccc4)CC3)cc2)cs1. The van der Waals surface area contributed by atoms with Gasteiger partial charge >= 0.3 is 0 Å². The maximum absolute atomic E-state index is 12.9. The van der Waals surface area contributed by atoms with E-state index < -0.39 is 0 Å². The van der Waals surface area contributed by atoms with Gasteiger partial charge in [-0.25, -0.2) is 4.98 Å². The molecular weight excluding hydrogens is 398 g/mol. The van der Waals surface area contributed by atoms with E-state index in [0.717, 1.165) is 54.7 Å². The maximum Gasteiger partial charge on any atom is 0.253 e. The van der Waals surface area contributed by atoms with Crippen LogP contribution in [0.15, 0.2) is 64.9 Å². The second-order valence-corrected chi connectivity index (χ2v) is 9.34. The van der Waals surface area contributed by atoms with Crippen LogP contribution in [0.2, 0.25) is 0 Å². The Morgan fingerprint density at radius 1 is 1.03 bits per heavy atom. The number of aromatic nitrogens is 1. The molecule has 1 aliphatic heterocycles. The molecule has 1 aliphatic rings. The van der Waals surface area contributed by atoms with Gasteiger partial charge in [0, 0.05) is 54.3 Å². The Morgan fingerprint density at radius 2 is 1.76 bits per heavy atom. The molecule has 3 aromatic rings. The minimum Gasteiger partial charge on any atom is -0.336 e. The average molecular weight is 424 g/mol. The van der Waals surface area contributed by atoms with Crippen molar-refractivity contribution in [1.29, 1.82) is 0 Å². The number of rotatable bonds is 6. The first-order valence-corrected chi connectivity index (χ1v) is 11.7. The first-order chi connectivity index (χ1) is 14.2. The molecule has 150 valence electrons. The lowest BCUT2D eigenvalue weighted by Crippen LogP contribution is -2.48. The van der Waals surface area contributed by atoms with Crippen LogP contribution >= 0.6 is 23.1 Å². The fraction of sp³-hybridized carbons (Fsp3) is 0.304. The summed E-state index contributed by atoms with van der Waals surface area (Å²) in [6, 6.07) is 18.5. The smallest absolute Gasteiger partial charge is 0.253 e. The first kappa shape index (κ1) is 20.1. The van der Waals surface area contributed by atoms with E-state index in [1.165, 1.54) is 10.5 Å². The Hall–Kier alpha value is -2.15. The lowest BCUT2D eigenvalue weighted by atomic mass is 10.1. The highest BCUT2D eigenvalue weighted by molar-refractivity contribution is 7.98. The second kappa shape index (κ2) is 9.57. The van der Waals surface area contributed by atoms with E-state index in [4.69, 9.17) is 0 Å². The molecule has 2 aromatic carbocycles. The van der Waals surface area contributed by atoms with E-state index in [9.17, 15) is 4.79 Å². The molecule has 0 unspecified atom stereocenters. The first-order valence-electron chi connectivity index (χ1n) is 9.87. The van der Waals surface area contributed by atoms with Crippen molar-refractivity contribution in [1.82, 2.24) is 14.8 Å². The van der Waals surface area contributed by atoms with Gasteiger partial charge in [-0.2, -0.15) is 0 Å². The van der Waals surface area contributed by atoms with Crippen molar-refractivity contribution in [3.8, 4) is 0 Å². The molecule has 2 heterocycles. The number of thiazole rings is 1. The van der Waals surface area contributed by atoms with Crippen molar-refractivity contribution >= 4 is 29.0 Å². The van der Waals surface area contributed by atoms with Crippen molar-refractivity contribution in [2.45, 2.75) is 24.1 Å². The van der Waals surface area contributed by atoms with Crippen molar-refractivity contribution in [2.75, 3.05) is 26.2 Å². The third kappa shape index (κ3) is 5.47. The predicted octanol–water partition coefficient (Wildman–Crippen LogP) is 4.70. The molecular formula is C23H25N3OS2. The summed E-state index contributed by atoms with van der Waals surface area (Å²) < 4.78 is 0. The standard InChI is InChI=1S/C23H25N3OS2/c1-18-24-21(16-28-18)17-29-22-9-7-20(8-10-22)23(27)26-13-11-25(12-14-26)15-19-5-3-2-4-6-19/h2-10,16H,11-15,17H2,1H3. The normalized spacial score (nSPS) is 14.9. The van der Waals surface area contributed by atoms with Crippen LogP contribution < -0.4 is 0 Å². The number of aryl methyl sites for hydroxylation is 1. The largest absolute Gasteiger partial charge is 0.336 e. The topological polar surface area (TPSA) is 36.4 Å². The summed E-state index contributed by atoms with van der Waals surface area (Å²) in [7, 11) is 0. The summed E-state index contributed by atoms with van der Waals surface area (Å²) >= 11 is 3.44. The number of carbonyl (C=O) groups excluding carboxylic acids is 1. The van der Waals surface area contributed by atoms with Crippen LogP contribution in [0.5, 0.6) is 0 Å². The van der Waals surface area contributed by atoms with Gasteiger partial charge in [0.05, 0.1) is 10.7 Å². The third-order valence-corrected chi connectivity index (χ3v) is 6.93. The van der Waals surface area contributed by atoms with Crippen LogP contribution in [0.25, 0.3) is 0 Å². The number of thioether (sulfide) groups is 1. The van der Waals surface area contributed by atoms with Gasteiger partial charge in [-0.05, 0) is 36.8 Å². The monoisotopic (exact) mass is 423 g/mol. The quantitative estimate of drug-likeness (QED) is 0.539. The molecule has 0 spiro atoms. The molecule has 6 heteroatoms. The average Bonchev–Trinajstić information content (AvgIpc) is 3.19. The highest BCUT2D eigenvalue weighted by Gasteiger charge is 2.22. The zero-order chi connectivity index (χ0) is 20.1. The van der Waals surface area contributed by atoms with Gasteiger partial charge in [0.1, 0.15) is 0 Å². The summed E-state index contributed by atoms with van der Waals surface area (Å²) in [6.45, 7) is 6.38. The van der Waals surface area contributed by atoms with Crippen LogP contribution in [0.4, 0.5) is 0 Å². The number of carbonyl (C=O) groups is 1. The molecule has 4 nitrogen and oxygen atoms in total. The second-order valence-electron chi connectivity index (χ2n) is 7.22. The van der Waals surface area contributed by atoms with E-state index in [2.05, 4.69) is 39.5 Å². The Labute approximate surface area is 180 Å². The molecule has 1 aromatic heterocycles. The fourth-order valence-corrected chi connectivity index (χ4v) is 4.97. The predicted molar refractivity (Wildman–Crippen MR) is 120 cm³/mol. The summed E-state index contributed by atoms with van der Waals surface area (Å²) in [4.78, 5) is 22.9. The van der Waals surface area contributed by atoms with Crippen molar-refractivity contribution in [3.63, 3.8) is 0 Å².